The number of hydrogen-bond acceptors (Lipinski definition) is 2. The molecule has 0 aromatic heterocycles. The van der Waals surface area contributed by atoms with Crippen LogP contribution in [-0.2, 0) is 11.3 Å². The Morgan fingerprint density at radius 2 is 2.29 bits per heavy atom. The van der Waals surface area contributed by atoms with E-state index in [9.17, 15) is 4.39 Å². The molecule has 94 valence electrons. The summed E-state index contributed by atoms with van der Waals surface area (Å²) in [5.74, 6) is -0.138. The highest BCUT2D eigenvalue weighted by Gasteiger charge is 2.28. The van der Waals surface area contributed by atoms with Crippen LogP contribution in [0.2, 0.25) is 0 Å². The van der Waals surface area contributed by atoms with Crippen molar-refractivity contribution in [2.75, 3.05) is 13.2 Å². The van der Waals surface area contributed by atoms with Crippen LogP contribution in [0.25, 0.3) is 0 Å². The third kappa shape index (κ3) is 3.27. The molecule has 0 aliphatic carbocycles. The predicted octanol–water partition coefficient (Wildman–Crippen LogP) is 2.79. The Balaban J connectivity index is 1.87. The van der Waals surface area contributed by atoms with Gasteiger partial charge in [0.2, 0.25) is 0 Å². The van der Waals surface area contributed by atoms with Crippen LogP contribution in [0.15, 0.2) is 18.2 Å². The molecular weight excluding hydrogens is 217 g/mol. The van der Waals surface area contributed by atoms with Gasteiger partial charge < -0.3 is 10.1 Å². The standard InChI is InChI=1S/C14H20FNO/c1-11-4-5-13(15)12(8-11)9-16-10-14(2)6-3-7-17-14/h4-5,8,16H,3,6-7,9-10H2,1-2H3. The van der Waals surface area contributed by atoms with Crippen molar-refractivity contribution < 1.29 is 9.13 Å². The topological polar surface area (TPSA) is 21.3 Å². The Hall–Kier alpha value is -0.930. The van der Waals surface area contributed by atoms with Crippen molar-refractivity contribution in [3.8, 4) is 0 Å². The molecule has 0 bridgehead atoms. The zero-order valence-corrected chi connectivity index (χ0v) is 10.6. The highest BCUT2D eigenvalue weighted by atomic mass is 19.1. The summed E-state index contributed by atoms with van der Waals surface area (Å²) in [6.07, 6.45) is 2.20. The fourth-order valence-electron chi connectivity index (χ4n) is 2.28. The first-order valence-electron chi connectivity index (χ1n) is 6.19. The van der Waals surface area contributed by atoms with Crippen LogP contribution in [0.5, 0.6) is 0 Å². The lowest BCUT2D eigenvalue weighted by molar-refractivity contribution is 0.0206. The van der Waals surface area contributed by atoms with Crippen LogP contribution < -0.4 is 5.32 Å². The van der Waals surface area contributed by atoms with Gasteiger partial charge in [-0.1, -0.05) is 17.7 Å². The highest BCUT2D eigenvalue weighted by Crippen LogP contribution is 2.24. The maximum atomic E-state index is 13.5. The third-order valence-electron chi connectivity index (χ3n) is 3.32. The number of ether oxygens (including phenoxy) is 1. The second kappa shape index (κ2) is 5.15. The van der Waals surface area contributed by atoms with E-state index >= 15 is 0 Å². The Morgan fingerprint density at radius 1 is 1.47 bits per heavy atom. The minimum absolute atomic E-state index is 0.0691. The number of aryl methyl sites for hydroxylation is 1. The monoisotopic (exact) mass is 237 g/mol. The molecule has 0 radical (unpaired) electrons. The first-order chi connectivity index (χ1) is 8.09. The van der Waals surface area contributed by atoms with Crippen molar-refractivity contribution in [2.24, 2.45) is 0 Å². The van der Waals surface area contributed by atoms with Gasteiger partial charge in [-0.3, -0.25) is 0 Å². The van der Waals surface area contributed by atoms with E-state index in [1.165, 1.54) is 6.07 Å². The van der Waals surface area contributed by atoms with Gasteiger partial charge in [-0.15, -0.1) is 0 Å². The van der Waals surface area contributed by atoms with E-state index in [0.29, 0.717) is 6.54 Å². The van der Waals surface area contributed by atoms with Crippen LogP contribution >= 0.6 is 0 Å². The van der Waals surface area contributed by atoms with E-state index in [4.69, 9.17) is 4.74 Å². The molecule has 1 aliphatic rings. The quantitative estimate of drug-likeness (QED) is 0.869. The molecule has 1 N–H and O–H groups in total. The van der Waals surface area contributed by atoms with Crippen molar-refractivity contribution in [3.05, 3.63) is 35.1 Å². The van der Waals surface area contributed by atoms with Gasteiger partial charge in [-0.2, -0.15) is 0 Å². The molecule has 1 unspecified atom stereocenters. The maximum absolute atomic E-state index is 13.5. The van der Waals surface area contributed by atoms with Crippen LogP contribution in [0, 0.1) is 12.7 Å². The first kappa shape index (κ1) is 12.5. The van der Waals surface area contributed by atoms with Crippen molar-refractivity contribution in [1.82, 2.24) is 5.32 Å². The Bertz CT molecular complexity index is 386. The van der Waals surface area contributed by atoms with Gasteiger partial charge in [-0.05, 0) is 32.8 Å². The van der Waals surface area contributed by atoms with Crippen LogP contribution in [-0.4, -0.2) is 18.8 Å². The second-order valence-corrected chi connectivity index (χ2v) is 5.10. The minimum atomic E-state index is -0.138. The van der Waals surface area contributed by atoms with Crippen LogP contribution in [0.4, 0.5) is 4.39 Å². The van der Waals surface area contributed by atoms with Gasteiger partial charge in [0, 0.05) is 25.3 Å². The molecule has 2 rings (SSSR count). The van der Waals surface area contributed by atoms with Crippen molar-refractivity contribution in [1.29, 1.82) is 0 Å². The average Bonchev–Trinajstić information content (AvgIpc) is 2.71. The van der Waals surface area contributed by atoms with Gasteiger partial charge in [0.1, 0.15) is 5.82 Å². The number of benzene rings is 1. The molecule has 17 heavy (non-hydrogen) atoms. The van der Waals surface area contributed by atoms with Gasteiger partial charge in [0.05, 0.1) is 5.60 Å². The van der Waals surface area contributed by atoms with Gasteiger partial charge in [-0.25, -0.2) is 4.39 Å². The first-order valence-corrected chi connectivity index (χ1v) is 6.19. The zero-order chi connectivity index (χ0) is 12.3. The number of halogens is 1. The lowest BCUT2D eigenvalue weighted by atomic mass is 10.0. The predicted molar refractivity (Wildman–Crippen MR) is 66.4 cm³/mol. The molecular formula is C14H20FNO. The summed E-state index contributed by atoms with van der Waals surface area (Å²) in [5.41, 5.74) is 1.75. The van der Waals surface area contributed by atoms with E-state index in [1.54, 1.807) is 6.07 Å². The van der Waals surface area contributed by atoms with Crippen molar-refractivity contribution in [2.45, 2.75) is 38.8 Å². The summed E-state index contributed by atoms with van der Waals surface area (Å²) in [6.45, 7) is 6.27. The highest BCUT2D eigenvalue weighted by molar-refractivity contribution is 5.23. The van der Waals surface area contributed by atoms with Crippen LogP contribution in [0.3, 0.4) is 0 Å². The van der Waals surface area contributed by atoms with Gasteiger partial charge in [0.15, 0.2) is 0 Å². The Labute approximate surface area is 102 Å². The molecule has 1 heterocycles. The number of nitrogens with one attached hydrogen (secondary N) is 1. The Kier molecular flexibility index (Phi) is 3.79. The van der Waals surface area contributed by atoms with E-state index in [2.05, 4.69) is 12.2 Å². The lowest BCUT2D eigenvalue weighted by Gasteiger charge is -2.23. The normalized spacial score (nSPS) is 24.2. The van der Waals surface area contributed by atoms with Crippen molar-refractivity contribution >= 4 is 0 Å². The smallest absolute Gasteiger partial charge is 0.127 e. The van der Waals surface area contributed by atoms with E-state index in [0.717, 1.165) is 37.1 Å². The average molecular weight is 237 g/mol. The fourth-order valence-corrected chi connectivity index (χ4v) is 2.28. The molecule has 1 aliphatic heterocycles. The van der Waals surface area contributed by atoms with Crippen LogP contribution in [0.1, 0.15) is 30.9 Å². The molecule has 1 atom stereocenters. The van der Waals surface area contributed by atoms with Crippen molar-refractivity contribution in [3.63, 3.8) is 0 Å². The summed E-state index contributed by atoms with van der Waals surface area (Å²) < 4.78 is 19.2. The fraction of sp³-hybridized carbons (Fsp3) is 0.571. The molecule has 1 aromatic rings. The SMILES string of the molecule is Cc1ccc(F)c(CNCC2(C)CCCO2)c1. The minimum Gasteiger partial charge on any atom is -0.374 e. The molecule has 1 saturated heterocycles. The zero-order valence-electron chi connectivity index (χ0n) is 10.6. The summed E-state index contributed by atoms with van der Waals surface area (Å²) >= 11 is 0. The molecule has 1 aromatic carbocycles. The molecule has 1 fully saturated rings. The summed E-state index contributed by atoms with van der Waals surface area (Å²) in [5, 5.41) is 3.29. The number of hydrogen-bond donors (Lipinski definition) is 1. The molecule has 3 heteroatoms. The van der Waals surface area contributed by atoms with E-state index in [-0.39, 0.29) is 11.4 Å². The number of rotatable bonds is 4. The van der Waals surface area contributed by atoms with E-state index in [1.807, 2.05) is 13.0 Å². The molecule has 2 nitrogen and oxygen atoms in total. The largest absolute Gasteiger partial charge is 0.374 e. The maximum Gasteiger partial charge on any atom is 0.127 e. The molecule has 0 saturated carbocycles. The summed E-state index contributed by atoms with van der Waals surface area (Å²) in [4.78, 5) is 0. The summed E-state index contributed by atoms with van der Waals surface area (Å²) in [7, 11) is 0. The molecule has 0 amide bonds. The third-order valence-corrected chi connectivity index (χ3v) is 3.32. The summed E-state index contributed by atoms with van der Waals surface area (Å²) in [6, 6.07) is 5.21. The van der Waals surface area contributed by atoms with Gasteiger partial charge >= 0.3 is 0 Å². The lowest BCUT2D eigenvalue weighted by Crippen LogP contribution is -2.36. The van der Waals surface area contributed by atoms with E-state index < -0.39 is 0 Å². The molecule has 0 spiro atoms. The second-order valence-electron chi connectivity index (χ2n) is 5.10. The van der Waals surface area contributed by atoms with Gasteiger partial charge in [0.25, 0.3) is 0 Å². The Morgan fingerprint density at radius 3 is 3.00 bits per heavy atom.